The summed E-state index contributed by atoms with van der Waals surface area (Å²) in [5, 5.41) is 40.0. The maximum absolute atomic E-state index is 14.8. The predicted octanol–water partition coefficient (Wildman–Crippen LogP) is 4.40. The number of hydrogen-bond donors (Lipinski definition) is 4. The van der Waals surface area contributed by atoms with Crippen LogP contribution < -0.4 is 5.32 Å². The number of ether oxygens (including phenoxy) is 8. The van der Waals surface area contributed by atoms with Crippen molar-refractivity contribution >= 4 is 24.0 Å². The Bertz CT molecular complexity index is 2310. The van der Waals surface area contributed by atoms with Crippen LogP contribution in [0.3, 0.4) is 0 Å². The Labute approximate surface area is 409 Å². The molecule has 3 heterocycles. The number of rotatable bonds is 11. The van der Waals surface area contributed by atoms with E-state index in [0.717, 1.165) is 0 Å². The molecule has 6 aliphatic rings. The van der Waals surface area contributed by atoms with Gasteiger partial charge in [0.05, 0.1) is 29.7 Å². The summed E-state index contributed by atoms with van der Waals surface area (Å²) in [5.74, 6) is -5.14. The Hall–Kier alpha value is -4.50. The van der Waals surface area contributed by atoms with Crippen molar-refractivity contribution in [3.8, 4) is 0 Å². The van der Waals surface area contributed by atoms with Crippen LogP contribution in [0.4, 0.5) is 4.79 Å². The first-order chi connectivity index (χ1) is 32.7. The molecule has 3 aliphatic carbocycles. The lowest BCUT2D eigenvalue weighted by molar-refractivity contribution is -0.362. The summed E-state index contributed by atoms with van der Waals surface area (Å²) in [7, 11) is 1.98. The van der Waals surface area contributed by atoms with Crippen molar-refractivity contribution in [1.82, 2.24) is 15.1 Å². The molecule has 5 fully saturated rings. The lowest BCUT2D eigenvalue weighted by Gasteiger charge is -2.69. The van der Waals surface area contributed by atoms with E-state index in [1.165, 1.54) is 6.92 Å². The molecule has 0 unspecified atom stereocenters. The van der Waals surface area contributed by atoms with Crippen LogP contribution in [0.1, 0.15) is 104 Å². The Morgan fingerprint density at radius 3 is 2.09 bits per heavy atom. The molecule has 8 rings (SSSR count). The van der Waals surface area contributed by atoms with E-state index in [-0.39, 0.29) is 18.6 Å². The van der Waals surface area contributed by atoms with Crippen molar-refractivity contribution in [2.75, 3.05) is 39.8 Å². The average molecular weight is 978 g/mol. The first-order valence-corrected chi connectivity index (χ1v) is 24.3. The minimum atomic E-state index is -2.22. The van der Waals surface area contributed by atoms with Gasteiger partial charge in [-0.15, -0.1) is 0 Å². The number of likely N-dealkylation sites (N-methyl/N-ethyl adjacent to an activating group) is 1. The van der Waals surface area contributed by atoms with Gasteiger partial charge in [0.15, 0.2) is 17.5 Å². The average Bonchev–Trinajstić information content (AvgIpc) is 3.61. The summed E-state index contributed by atoms with van der Waals surface area (Å²) >= 11 is 0. The molecular weight excluding hydrogens is 907 g/mol. The summed E-state index contributed by atoms with van der Waals surface area (Å²) in [6.45, 7) is 19.1. The van der Waals surface area contributed by atoms with Crippen LogP contribution in [0.5, 0.6) is 0 Å². The lowest BCUT2D eigenvalue weighted by Crippen LogP contribution is -2.82. The normalized spacial score (nSPS) is 34.7. The van der Waals surface area contributed by atoms with Gasteiger partial charge in [-0.1, -0.05) is 69.3 Å². The SMILES string of the molecule is CC(=O)O[C@@]12CO[C@@H]1C[C@H](OC(=O)N1CCN(C)CC1)[C@@]1(C)[C@@H]3OC(C)(C)O[C@@H]3C3=C(C)[C@@H](OC(=O)[C@H](O)[C@@H](N[C@H](O)OC(C)(C)C)c4ccccc4)C[C@@](O)([C@@H](OC(=O)c4ccccc4)[C@H]21)C3(C)C. The first kappa shape index (κ1) is 51.8. The van der Waals surface area contributed by atoms with E-state index in [9.17, 15) is 34.5 Å². The van der Waals surface area contributed by atoms with Crippen molar-refractivity contribution in [3.63, 3.8) is 0 Å². The lowest BCUT2D eigenvalue weighted by atomic mass is 9.44. The van der Waals surface area contributed by atoms with Crippen molar-refractivity contribution in [1.29, 1.82) is 0 Å². The van der Waals surface area contributed by atoms with Crippen LogP contribution in [0, 0.1) is 16.7 Å². The number of nitrogens with one attached hydrogen (secondary N) is 1. The molecule has 0 radical (unpaired) electrons. The molecule has 0 aromatic heterocycles. The minimum Gasteiger partial charge on any atom is -0.456 e. The molecular formula is C52H71N3O15. The van der Waals surface area contributed by atoms with Gasteiger partial charge in [0.25, 0.3) is 0 Å². The van der Waals surface area contributed by atoms with Crippen LogP contribution in [-0.4, -0.2) is 161 Å². The summed E-state index contributed by atoms with van der Waals surface area (Å²) in [6.07, 6.45) is -11.5. The van der Waals surface area contributed by atoms with Gasteiger partial charge in [-0.25, -0.2) is 14.4 Å². The molecule has 2 aromatic rings. The number of nitrogens with zero attached hydrogens (tertiary/aromatic N) is 2. The molecule has 0 spiro atoms. The van der Waals surface area contributed by atoms with Crippen molar-refractivity contribution in [2.45, 2.75) is 160 Å². The Morgan fingerprint density at radius 2 is 1.50 bits per heavy atom. The van der Waals surface area contributed by atoms with E-state index in [1.807, 2.05) is 14.0 Å². The number of hydrogen-bond acceptors (Lipinski definition) is 17. The van der Waals surface area contributed by atoms with Crippen LogP contribution in [0.25, 0.3) is 0 Å². The van der Waals surface area contributed by atoms with E-state index in [2.05, 4.69) is 10.2 Å². The largest absolute Gasteiger partial charge is 0.456 e. The van der Waals surface area contributed by atoms with Gasteiger partial charge >= 0.3 is 24.0 Å². The fourth-order valence-electron chi connectivity index (χ4n) is 12.1. The molecule has 2 bridgehead atoms. The third kappa shape index (κ3) is 9.28. The number of amides is 1. The van der Waals surface area contributed by atoms with Gasteiger partial charge in [0.2, 0.25) is 6.41 Å². The van der Waals surface area contributed by atoms with Crippen molar-refractivity contribution < 1.29 is 72.4 Å². The van der Waals surface area contributed by atoms with Crippen molar-refractivity contribution in [2.24, 2.45) is 16.7 Å². The van der Waals surface area contributed by atoms with Crippen LogP contribution >= 0.6 is 0 Å². The fraction of sp³-hybridized carbons (Fsp3) is 0.654. The topological polar surface area (TPSA) is 221 Å². The monoisotopic (exact) mass is 977 g/mol. The Balaban J connectivity index is 1.30. The summed E-state index contributed by atoms with van der Waals surface area (Å²) < 4.78 is 52.2. The van der Waals surface area contributed by atoms with Gasteiger partial charge in [0, 0.05) is 56.8 Å². The van der Waals surface area contributed by atoms with E-state index < -0.39 is 125 Å². The molecule has 3 aliphatic heterocycles. The third-order valence-corrected chi connectivity index (χ3v) is 15.6. The molecule has 384 valence electrons. The van der Waals surface area contributed by atoms with Crippen LogP contribution in [0.2, 0.25) is 0 Å². The standard InChI is InChI=1S/C52H71N3O15/c1-29-33(64-44(59)38(57)37(31-18-14-12-15-19-31)53-45(60)70-47(3,4)5)27-52(62)42(66-43(58)32-20-16-13-17-21-32)40-50(10,41-39(36(29)48(52,6)7)68-49(8,9)69-41)34(26-35-51(40,28-63-35)67-30(2)56)65-46(61)55-24-22-54(11)23-25-55/h12-21,33-35,37-42,45,53,57,60,62H,22-28H2,1-11H3/t33-,34-,35+,37-,38+,39+,40-,41+,42-,45+,50+,51-,52+/m0/s1. The van der Waals surface area contributed by atoms with Crippen LogP contribution in [0.15, 0.2) is 71.8 Å². The molecule has 2 saturated carbocycles. The fourth-order valence-corrected chi connectivity index (χ4v) is 12.1. The molecule has 1 amide bonds. The number of benzene rings is 2. The quantitative estimate of drug-likeness (QED) is 0.106. The number of carbonyl (C=O) groups is 4. The van der Waals surface area contributed by atoms with Gasteiger partial charge < -0.3 is 63.0 Å². The predicted molar refractivity (Wildman–Crippen MR) is 250 cm³/mol. The Kier molecular flexibility index (Phi) is 14.0. The maximum Gasteiger partial charge on any atom is 0.410 e. The Morgan fingerprint density at radius 1 is 0.871 bits per heavy atom. The molecule has 13 atom stereocenters. The summed E-state index contributed by atoms with van der Waals surface area (Å²) in [4.78, 5) is 61.0. The van der Waals surface area contributed by atoms with Gasteiger partial charge in [-0.2, -0.15) is 0 Å². The molecule has 2 aromatic carbocycles. The highest BCUT2D eigenvalue weighted by atomic mass is 16.8. The second-order valence-corrected chi connectivity index (χ2v) is 22.1. The van der Waals surface area contributed by atoms with E-state index in [1.54, 1.807) is 121 Å². The highest BCUT2D eigenvalue weighted by Gasteiger charge is 2.80. The second-order valence-electron chi connectivity index (χ2n) is 22.1. The third-order valence-electron chi connectivity index (χ3n) is 15.6. The first-order valence-electron chi connectivity index (χ1n) is 24.3. The number of carbonyl (C=O) groups excluding carboxylic acids is 4. The second kappa shape index (κ2) is 18.8. The molecule has 70 heavy (non-hydrogen) atoms. The number of fused-ring (bicyclic) bond motifs is 8. The number of piperazine rings is 1. The zero-order chi connectivity index (χ0) is 50.9. The number of esters is 3. The highest BCUT2D eigenvalue weighted by molar-refractivity contribution is 5.89. The van der Waals surface area contributed by atoms with Gasteiger partial charge in [-0.3, -0.25) is 10.1 Å². The number of aliphatic hydroxyl groups excluding tert-OH is 2. The van der Waals surface area contributed by atoms with E-state index >= 15 is 0 Å². The molecule has 3 saturated heterocycles. The van der Waals surface area contributed by atoms with E-state index in [0.29, 0.717) is 42.9 Å². The van der Waals surface area contributed by atoms with Gasteiger partial charge in [-0.05, 0) is 77.4 Å². The summed E-state index contributed by atoms with van der Waals surface area (Å²) in [6, 6.07) is 15.6. The van der Waals surface area contributed by atoms with Gasteiger partial charge in [0.1, 0.15) is 42.2 Å². The smallest absolute Gasteiger partial charge is 0.410 e. The number of aliphatic hydroxyl groups is 3. The molecule has 18 heteroatoms. The zero-order valence-corrected chi connectivity index (χ0v) is 42.1. The molecule has 18 nitrogen and oxygen atoms in total. The van der Waals surface area contributed by atoms with Crippen molar-refractivity contribution in [3.05, 3.63) is 82.9 Å². The maximum atomic E-state index is 14.8. The van der Waals surface area contributed by atoms with Crippen LogP contribution in [-0.2, 0) is 47.5 Å². The minimum absolute atomic E-state index is 0.0518. The zero-order valence-electron chi connectivity index (χ0n) is 42.1. The summed E-state index contributed by atoms with van der Waals surface area (Å²) in [5.41, 5.74) is -5.97. The van der Waals surface area contributed by atoms with E-state index in [4.69, 9.17) is 37.9 Å². The molecule has 4 N–H and O–H groups in total. The highest BCUT2D eigenvalue weighted by Crippen LogP contribution is 2.67.